The summed E-state index contributed by atoms with van der Waals surface area (Å²) in [6.45, 7) is 0. The molecular formula is C17H12ClF3N2O. The van der Waals surface area contributed by atoms with Crippen LogP contribution in [0.5, 0.6) is 5.75 Å². The van der Waals surface area contributed by atoms with Gasteiger partial charge in [0, 0.05) is 10.6 Å². The molecule has 0 aliphatic heterocycles. The monoisotopic (exact) mass is 352 g/mol. The number of aromatic nitrogens is 2. The smallest absolute Gasteiger partial charge is 0.416 e. The summed E-state index contributed by atoms with van der Waals surface area (Å²) in [4.78, 5) is 4.09. The molecule has 1 heterocycles. The summed E-state index contributed by atoms with van der Waals surface area (Å²) in [6.07, 6.45) is -1.24. The third-order valence-corrected chi connectivity index (χ3v) is 3.78. The van der Waals surface area contributed by atoms with E-state index < -0.39 is 11.7 Å². The van der Waals surface area contributed by atoms with Crippen molar-refractivity contribution in [1.29, 1.82) is 0 Å². The lowest BCUT2D eigenvalue weighted by molar-refractivity contribution is -0.137. The van der Waals surface area contributed by atoms with Gasteiger partial charge in [0.2, 0.25) is 0 Å². The van der Waals surface area contributed by atoms with Gasteiger partial charge in [-0.1, -0.05) is 23.7 Å². The normalized spacial score (nSPS) is 11.5. The summed E-state index contributed by atoms with van der Waals surface area (Å²) in [5.74, 6) is 0.575. The van der Waals surface area contributed by atoms with Crippen LogP contribution >= 0.6 is 11.6 Å². The van der Waals surface area contributed by atoms with Crippen molar-refractivity contribution in [2.75, 3.05) is 7.11 Å². The highest BCUT2D eigenvalue weighted by Crippen LogP contribution is 2.33. The highest BCUT2D eigenvalue weighted by molar-refractivity contribution is 6.30. The molecule has 124 valence electrons. The van der Waals surface area contributed by atoms with Crippen molar-refractivity contribution >= 4 is 11.6 Å². The lowest BCUT2D eigenvalue weighted by atomic mass is 10.1. The third-order valence-electron chi connectivity index (χ3n) is 3.55. The topological polar surface area (TPSA) is 27.1 Å². The van der Waals surface area contributed by atoms with Gasteiger partial charge in [0.1, 0.15) is 5.75 Å². The van der Waals surface area contributed by atoms with Gasteiger partial charge in [-0.25, -0.2) is 4.98 Å². The molecule has 7 heteroatoms. The summed E-state index contributed by atoms with van der Waals surface area (Å²) >= 11 is 6.05. The second-order valence-corrected chi connectivity index (χ2v) is 5.48. The van der Waals surface area contributed by atoms with Crippen molar-refractivity contribution in [2.24, 2.45) is 0 Å². The Kier molecular flexibility index (Phi) is 4.24. The number of methoxy groups -OCH3 is 1. The van der Waals surface area contributed by atoms with Crippen LogP contribution in [0.3, 0.4) is 0 Å². The van der Waals surface area contributed by atoms with Crippen molar-refractivity contribution in [3.63, 3.8) is 0 Å². The number of nitrogens with zero attached hydrogens (tertiary/aromatic N) is 2. The van der Waals surface area contributed by atoms with E-state index in [-0.39, 0.29) is 0 Å². The molecule has 0 atom stereocenters. The molecule has 2 aromatic carbocycles. The van der Waals surface area contributed by atoms with Crippen LogP contribution in [0.4, 0.5) is 13.2 Å². The van der Waals surface area contributed by atoms with E-state index in [1.807, 2.05) is 0 Å². The van der Waals surface area contributed by atoms with Gasteiger partial charge in [-0.05, 0) is 30.3 Å². The van der Waals surface area contributed by atoms with Gasteiger partial charge >= 0.3 is 6.18 Å². The van der Waals surface area contributed by atoms with Crippen LogP contribution in [0, 0.1) is 0 Å². The van der Waals surface area contributed by atoms with E-state index in [0.717, 1.165) is 12.1 Å². The molecule has 3 nitrogen and oxygen atoms in total. The molecule has 1 aromatic heterocycles. The van der Waals surface area contributed by atoms with Gasteiger partial charge in [0.15, 0.2) is 0 Å². The molecule has 3 rings (SSSR count). The maximum absolute atomic E-state index is 12.7. The summed E-state index contributed by atoms with van der Waals surface area (Å²) in [6, 6.07) is 10.0. The predicted molar refractivity (Wildman–Crippen MR) is 85.6 cm³/mol. The van der Waals surface area contributed by atoms with E-state index in [0.29, 0.717) is 27.7 Å². The van der Waals surface area contributed by atoms with Gasteiger partial charge in [-0.2, -0.15) is 13.2 Å². The van der Waals surface area contributed by atoms with E-state index >= 15 is 0 Å². The first-order chi connectivity index (χ1) is 11.4. The quantitative estimate of drug-likeness (QED) is 0.646. The number of imidazole rings is 1. The summed E-state index contributed by atoms with van der Waals surface area (Å²) in [7, 11) is 1.53. The van der Waals surface area contributed by atoms with Crippen molar-refractivity contribution in [1.82, 2.24) is 9.55 Å². The molecule has 0 fully saturated rings. The number of ether oxygens (including phenoxy) is 1. The zero-order chi connectivity index (χ0) is 17.3. The molecule has 0 radical (unpaired) electrons. The number of rotatable bonds is 3. The average molecular weight is 353 g/mol. The molecule has 0 spiro atoms. The average Bonchev–Trinajstić information content (AvgIpc) is 3.03. The van der Waals surface area contributed by atoms with E-state index in [4.69, 9.17) is 16.3 Å². The molecule has 0 aliphatic carbocycles. The Morgan fingerprint density at radius 3 is 2.42 bits per heavy atom. The molecular weight excluding hydrogens is 341 g/mol. The molecule has 3 aromatic rings. The minimum absolute atomic E-state index is 0.512. The first kappa shape index (κ1) is 16.4. The Morgan fingerprint density at radius 2 is 1.79 bits per heavy atom. The van der Waals surface area contributed by atoms with Crippen molar-refractivity contribution < 1.29 is 17.9 Å². The minimum Gasteiger partial charge on any atom is -0.495 e. The molecule has 0 N–H and O–H groups in total. The van der Waals surface area contributed by atoms with Crippen LogP contribution in [-0.4, -0.2) is 16.7 Å². The number of benzene rings is 2. The number of hydrogen-bond donors (Lipinski definition) is 0. The number of halogens is 4. The first-order valence-electron chi connectivity index (χ1n) is 6.94. The fraction of sp³-hybridized carbons (Fsp3) is 0.118. The van der Waals surface area contributed by atoms with E-state index in [2.05, 4.69) is 4.98 Å². The number of alkyl halides is 3. The van der Waals surface area contributed by atoms with Gasteiger partial charge in [-0.3, -0.25) is 4.57 Å². The van der Waals surface area contributed by atoms with Crippen LogP contribution < -0.4 is 4.74 Å². The summed E-state index contributed by atoms with van der Waals surface area (Å²) < 4.78 is 45.1. The SMILES string of the molecule is COc1ccc(Cl)cc1-n1cncc1-c1ccc(C(F)(F)F)cc1. The molecule has 0 unspecified atom stereocenters. The van der Waals surface area contributed by atoms with Crippen molar-refractivity contribution in [2.45, 2.75) is 6.18 Å². The predicted octanol–water partition coefficient (Wildman–Crippen LogP) is 5.22. The van der Waals surface area contributed by atoms with Crippen molar-refractivity contribution in [3.05, 3.63) is 65.6 Å². The molecule has 24 heavy (non-hydrogen) atoms. The zero-order valence-electron chi connectivity index (χ0n) is 12.5. The fourth-order valence-corrected chi connectivity index (χ4v) is 2.55. The Bertz CT molecular complexity index is 857. The highest BCUT2D eigenvalue weighted by Gasteiger charge is 2.30. The Hall–Kier alpha value is -2.47. The van der Waals surface area contributed by atoms with Crippen LogP contribution in [0.1, 0.15) is 5.56 Å². The Morgan fingerprint density at radius 1 is 1.08 bits per heavy atom. The van der Waals surface area contributed by atoms with E-state index in [9.17, 15) is 13.2 Å². The van der Waals surface area contributed by atoms with Crippen LogP contribution in [0.2, 0.25) is 5.02 Å². The summed E-state index contributed by atoms with van der Waals surface area (Å²) in [5.41, 5.74) is 1.18. The Balaban J connectivity index is 2.07. The maximum Gasteiger partial charge on any atom is 0.416 e. The third kappa shape index (κ3) is 3.10. The Labute approximate surface area is 141 Å². The zero-order valence-corrected chi connectivity index (χ0v) is 13.3. The second kappa shape index (κ2) is 6.20. The van der Waals surface area contributed by atoms with Crippen LogP contribution in [-0.2, 0) is 6.18 Å². The molecule has 0 aliphatic rings. The van der Waals surface area contributed by atoms with E-state index in [1.54, 1.807) is 35.3 Å². The van der Waals surface area contributed by atoms with E-state index in [1.165, 1.54) is 19.2 Å². The minimum atomic E-state index is -4.37. The largest absolute Gasteiger partial charge is 0.495 e. The molecule has 0 saturated heterocycles. The maximum atomic E-state index is 12.7. The summed E-state index contributed by atoms with van der Waals surface area (Å²) in [5, 5.41) is 0.512. The second-order valence-electron chi connectivity index (χ2n) is 5.04. The number of hydrogen-bond acceptors (Lipinski definition) is 2. The molecule has 0 amide bonds. The highest BCUT2D eigenvalue weighted by atomic mass is 35.5. The lowest BCUT2D eigenvalue weighted by Crippen LogP contribution is -2.04. The van der Waals surface area contributed by atoms with Gasteiger partial charge in [-0.15, -0.1) is 0 Å². The fourth-order valence-electron chi connectivity index (χ4n) is 2.38. The molecule has 0 saturated carbocycles. The first-order valence-corrected chi connectivity index (χ1v) is 7.32. The van der Waals surface area contributed by atoms with Gasteiger partial charge in [0.25, 0.3) is 0 Å². The van der Waals surface area contributed by atoms with Gasteiger partial charge in [0.05, 0.1) is 36.6 Å². The van der Waals surface area contributed by atoms with Crippen LogP contribution in [0.15, 0.2) is 55.0 Å². The standard InChI is InChI=1S/C17H12ClF3N2O/c1-24-16-7-6-13(18)8-14(16)23-10-22-9-15(23)11-2-4-12(5-3-11)17(19,20)21/h2-10H,1H3. The van der Waals surface area contributed by atoms with Crippen molar-refractivity contribution in [3.8, 4) is 22.7 Å². The molecule has 0 bridgehead atoms. The van der Waals surface area contributed by atoms with Crippen LogP contribution in [0.25, 0.3) is 16.9 Å². The lowest BCUT2D eigenvalue weighted by Gasteiger charge is -2.13. The van der Waals surface area contributed by atoms with Gasteiger partial charge < -0.3 is 4.74 Å².